The number of esters is 1. The first-order chi connectivity index (χ1) is 9.60. The zero-order valence-corrected chi connectivity index (χ0v) is 13.1. The van der Waals surface area contributed by atoms with E-state index in [9.17, 15) is 9.59 Å². The van der Waals surface area contributed by atoms with E-state index in [0.29, 0.717) is 17.7 Å². The van der Waals surface area contributed by atoms with Gasteiger partial charge in [-0.25, -0.2) is 4.79 Å². The monoisotopic (exact) mass is 312 g/mol. The molecule has 0 spiro atoms. The van der Waals surface area contributed by atoms with E-state index in [0.717, 1.165) is 24.9 Å². The van der Waals surface area contributed by atoms with Crippen molar-refractivity contribution in [1.82, 2.24) is 5.32 Å². The van der Waals surface area contributed by atoms with Crippen molar-refractivity contribution in [3.05, 3.63) is 29.3 Å². The number of aryl methyl sites for hydroxylation is 1. The third kappa shape index (κ3) is 4.72. The standard InChI is InChI=1S/C15H20N2O3.ClH/c1-10-5-6-12(8-13(10)15(19)20-2)17-14(18)9-11-4-3-7-16-11;/h5-6,8,11,16H,3-4,7,9H2,1-2H3,(H,17,18);1H. The highest BCUT2D eigenvalue weighted by Crippen LogP contribution is 2.17. The molecule has 1 aromatic rings. The summed E-state index contributed by atoms with van der Waals surface area (Å²) in [4.78, 5) is 23.5. The maximum atomic E-state index is 11.9. The molecule has 1 amide bonds. The molecule has 1 unspecified atom stereocenters. The second-order valence-electron chi connectivity index (χ2n) is 5.07. The third-order valence-corrected chi connectivity index (χ3v) is 3.52. The molecule has 5 nitrogen and oxygen atoms in total. The molecule has 1 fully saturated rings. The Labute approximate surface area is 130 Å². The largest absolute Gasteiger partial charge is 0.465 e. The van der Waals surface area contributed by atoms with Gasteiger partial charge in [0.15, 0.2) is 0 Å². The van der Waals surface area contributed by atoms with Crippen molar-refractivity contribution in [2.75, 3.05) is 19.0 Å². The van der Waals surface area contributed by atoms with Gasteiger partial charge in [0.2, 0.25) is 5.91 Å². The zero-order valence-electron chi connectivity index (χ0n) is 12.3. The van der Waals surface area contributed by atoms with Crippen LogP contribution in [0.3, 0.4) is 0 Å². The number of carbonyl (C=O) groups is 2. The van der Waals surface area contributed by atoms with Gasteiger partial charge in [-0.1, -0.05) is 6.07 Å². The highest BCUT2D eigenvalue weighted by Gasteiger charge is 2.18. The summed E-state index contributed by atoms with van der Waals surface area (Å²) in [5.74, 6) is -0.430. The van der Waals surface area contributed by atoms with Crippen LogP contribution in [-0.2, 0) is 9.53 Å². The number of methoxy groups -OCH3 is 1. The van der Waals surface area contributed by atoms with Crippen LogP contribution in [-0.4, -0.2) is 31.6 Å². The molecule has 1 atom stereocenters. The summed E-state index contributed by atoms with van der Waals surface area (Å²) in [6.45, 7) is 2.81. The van der Waals surface area contributed by atoms with Gasteiger partial charge in [-0.05, 0) is 44.0 Å². The van der Waals surface area contributed by atoms with Crippen LogP contribution in [0.4, 0.5) is 5.69 Å². The number of rotatable bonds is 4. The minimum Gasteiger partial charge on any atom is -0.465 e. The molecule has 0 radical (unpaired) electrons. The molecule has 1 aromatic carbocycles. The van der Waals surface area contributed by atoms with Gasteiger partial charge in [-0.2, -0.15) is 0 Å². The maximum absolute atomic E-state index is 11.9. The van der Waals surface area contributed by atoms with Crippen molar-refractivity contribution in [2.45, 2.75) is 32.2 Å². The van der Waals surface area contributed by atoms with Gasteiger partial charge in [-0.15, -0.1) is 12.4 Å². The van der Waals surface area contributed by atoms with E-state index in [1.807, 2.05) is 6.92 Å². The number of hydrogen-bond acceptors (Lipinski definition) is 4. The van der Waals surface area contributed by atoms with Crippen molar-refractivity contribution < 1.29 is 14.3 Å². The number of carbonyl (C=O) groups excluding carboxylic acids is 2. The van der Waals surface area contributed by atoms with Crippen LogP contribution in [0.2, 0.25) is 0 Å². The normalized spacial score (nSPS) is 17.0. The molecule has 2 rings (SSSR count). The predicted molar refractivity (Wildman–Crippen MR) is 84.0 cm³/mol. The zero-order chi connectivity index (χ0) is 14.5. The Hall–Kier alpha value is -1.59. The van der Waals surface area contributed by atoms with Gasteiger partial charge >= 0.3 is 5.97 Å². The van der Waals surface area contributed by atoms with Gasteiger partial charge in [0.25, 0.3) is 0 Å². The minimum atomic E-state index is -0.393. The van der Waals surface area contributed by atoms with Crippen molar-refractivity contribution in [3.63, 3.8) is 0 Å². The topological polar surface area (TPSA) is 67.4 Å². The number of amides is 1. The van der Waals surface area contributed by atoms with Crippen LogP contribution in [0.25, 0.3) is 0 Å². The fourth-order valence-electron chi connectivity index (χ4n) is 2.40. The van der Waals surface area contributed by atoms with Crippen LogP contribution in [0.5, 0.6) is 0 Å². The smallest absolute Gasteiger partial charge is 0.338 e. The summed E-state index contributed by atoms with van der Waals surface area (Å²) < 4.78 is 4.72. The third-order valence-electron chi connectivity index (χ3n) is 3.52. The van der Waals surface area contributed by atoms with Crippen LogP contribution in [0.15, 0.2) is 18.2 Å². The number of nitrogens with one attached hydrogen (secondary N) is 2. The molecule has 116 valence electrons. The molecule has 0 saturated carbocycles. The molecule has 1 aliphatic rings. The molecule has 6 heteroatoms. The molecule has 0 bridgehead atoms. The molecule has 1 saturated heterocycles. The Kier molecular flexibility index (Phi) is 6.65. The number of benzene rings is 1. The Balaban J connectivity index is 0.00000220. The number of halogens is 1. The minimum absolute atomic E-state index is 0. The summed E-state index contributed by atoms with van der Waals surface area (Å²) >= 11 is 0. The molecule has 1 heterocycles. The molecular weight excluding hydrogens is 292 g/mol. The van der Waals surface area contributed by atoms with Crippen molar-refractivity contribution >= 4 is 30.0 Å². The van der Waals surface area contributed by atoms with Gasteiger partial charge < -0.3 is 15.4 Å². The van der Waals surface area contributed by atoms with E-state index in [2.05, 4.69) is 10.6 Å². The molecule has 0 aliphatic carbocycles. The fourth-order valence-corrected chi connectivity index (χ4v) is 2.40. The van der Waals surface area contributed by atoms with Crippen LogP contribution >= 0.6 is 12.4 Å². The molecular formula is C15H21ClN2O3. The second-order valence-corrected chi connectivity index (χ2v) is 5.07. The predicted octanol–water partition coefficient (Wildman–Crippen LogP) is 2.28. The Morgan fingerprint density at radius 3 is 2.81 bits per heavy atom. The summed E-state index contributed by atoms with van der Waals surface area (Å²) in [7, 11) is 1.35. The van der Waals surface area contributed by atoms with Crippen molar-refractivity contribution in [2.24, 2.45) is 0 Å². The second kappa shape index (κ2) is 8.00. The highest BCUT2D eigenvalue weighted by atomic mass is 35.5. The fraction of sp³-hybridized carbons (Fsp3) is 0.467. The van der Waals surface area contributed by atoms with E-state index in [1.165, 1.54) is 7.11 Å². The number of anilines is 1. The molecule has 2 N–H and O–H groups in total. The lowest BCUT2D eigenvalue weighted by atomic mass is 10.1. The molecule has 21 heavy (non-hydrogen) atoms. The summed E-state index contributed by atoms with van der Waals surface area (Å²) in [6.07, 6.45) is 2.62. The van der Waals surface area contributed by atoms with Crippen molar-refractivity contribution in [1.29, 1.82) is 0 Å². The lowest BCUT2D eigenvalue weighted by Crippen LogP contribution is -2.27. The average molecular weight is 313 g/mol. The quantitative estimate of drug-likeness (QED) is 0.837. The Morgan fingerprint density at radius 2 is 2.19 bits per heavy atom. The number of ether oxygens (including phenoxy) is 1. The molecule has 0 aromatic heterocycles. The first-order valence-electron chi connectivity index (χ1n) is 6.82. The Bertz CT molecular complexity index is 514. The summed E-state index contributed by atoms with van der Waals surface area (Å²) in [6, 6.07) is 5.51. The lowest BCUT2D eigenvalue weighted by Gasteiger charge is -2.12. The van der Waals surface area contributed by atoms with Gasteiger partial charge in [0.05, 0.1) is 12.7 Å². The van der Waals surface area contributed by atoms with Gasteiger partial charge in [-0.3, -0.25) is 4.79 Å². The van der Waals surface area contributed by atoms with Crippen LogP contribution in [0.1, 0.15) is 35.2 Å². The van der Waals surface area contributed by atoms with E-state index >= 15 is 0 Å². The van der Waals surface area contributed by atoms with Crippen LogP contribution < -0.4 is 10.6 Å². The average Bonchev–Trinajstić information content (AvgIpc) is 2.92. The first kappa shape index (κ1) is 17.5. The first-order valence-corrected chi connectivity index (χ1v) is 6.82. The SMILES string of the molecule is COC(=O)c1cc(NC(=O)CC2CCCN2)ccc1C.Cl. The lowest BCUT2D eigenvalue weighted by molar-refractivity contribution is -0.116. The van der Waals surface area contributed by atoms with E-state index in [-0.39, 0.29) is 24.4 Å². The van der Waals surface area contributed by atoms with Gasteiger partial charge in [0.1, 0.15) is 0 Å². The highest BCUT2D eigenvalue weighted by molar-refractivity contribution is 5.95. The molecule has 1 aliphatic heterocycles. The maximum Gasteiger partial charge on any atom is 0.338 e. The van der Waals surface area contributed by atoms with E-state index in [4.69, 9.17) is 4.74 Å². The Morgan fingerprint density at radius 1 is 1.43 bits per heavy atom. The van der Waals surface area contributed by atoms with Crippen LogP contribution in [0, 0.1) is 6.92 Å². The number of hydrogen-bond donors (Lipinski definition) is 2. The summed E-state index contributed by atoms with van der Waals surface area (Å²) in [5, 5.41) is 6.11. The van der Waals surface area contributed by atoms with Gasteiger partial charge in [0, 0.05) is 18.2 Å². The summed E-state index contributed by atoms with van der Waals surface area (Å²) in [5.41, 5.74) is 1.93. The van der Waals surface area contributed by atoms with E-state index < -0.39 is 5.97 Å². The van der Waals surface area contributed by atoms with Crippen molar-refractivity contribution in [3.8, 4) is 0 Å². The van der Waals surface area contributed by atoms with E-state index in [1.54, 1.807) is 18.2 Å².